The van der Waals surface area contributed by atoms with Crippen molar-refractivity contribution in [3.63, 3.8) is 0 Å². The van der Waals surface area contributed by atoms with Crippen molar-refractivity contribution in [1.29, 1.82) is 0 Å². The van der Waals surface area contributed by atoms with Gasteiger partial charge in [0.25, 0.3) is 5.91 Å². The van der Waals surface area contributed by atoms with Gasteiger partial charge in [-0.05, 0) is 31.7 Å². The Balaban J connectivity index is 1.85. The Kier molecular flexibility index (Phi) is 3.46. The second kappa shape index (κ2) is 4.84. The number of hydrogen-bond acceptors (Lipinski definition) is 2. The molecule has 0 saturated heterocycles. The largest absolute Gasteiger partial charge is 0.472 e. The molecule has 1 saturated carbocycles. The number of alkyl halides is 1. The van der Waals surface area contributed by atoms with Crippen LogP contribution >= 0.6 is 15.9 Å². The number of carbonyl (C=O) groups excluding carboxylic acids is 1. The topological polar surface area (TPSA) is 42.2 Å². The van der Waals surface area contributed by atoms with Crippen molar-refractivity contribution in [2.45, 2.75) is 36.6 Å². The zero-order valence-electron chi connectivity index (χ0n) is 8.41. The number of nitrogens with one attached hydrogen (secondary N) is 1. The number of amides is 1. The van der Waals surface area contributed by atoms with E-state index in [-0.39, 0.29) is 5.91 Å². The first-order valence-corrected chi connectivity index (χ1v) is 6.14. The third-order valence-electron chi connectivity index (χ3n) is 2.78. The molecule has 4 heteroatoms. The van der Waals surface area contributed by atoms with Crippen LogP contribution in [0, 0.1) is 0 Å². The molecule has 1 amide bonds. The second-order valence-corrected chi connectivity index (χ2v) is 5.23. The molecule has 0 aliphatic heterocycles. The summed E-state index contributed by atoms with van der Waals surface area (Å²) in [7, 11) is 0. The molecule has 1 aromatic heterocycles. The summed E-state index contributed by atoms with van der Waals surface area (Å²) in [6.45, 7) is 0. The molecule has 0 unspecified atom stereocenters. The van der Waals surface area contributed by atoms with Crippen LogP contribution in [0.2, 0.25) is 0 Å². The van der Waals surface area contributed by atoms with Gasteiger partial charge in [-0.25, -0.2) is 0 Å². The molecule has 0 atom stereocenters. The van der Waals surface area contributed by atoms with Gasteiger partial charge in [-0.2, -0.15) is 0 Å². The molecule has 3 nitrogen and oxygen atoms in total. The minimum absolute atomic E-state index is 0.0261. The lowest BCUT2D eigenvalue weighted by molar-refractivity contribution is 0.0927. The molecule has 1 fully saturated rings. The number of rotatable bonds is 2. The second-order valence-electron chi connectivity index (χ2n) is 3.93. The number of hydrogen-bond donors (Lipinski definition) is 1. The van der Waals surface area contributed by atoms with E-state index in [1.165, 1.54) is 12.5 Å². The van der Waals surface area contributed by atoms with Crippen LogP contribution in [0.3, 0.4) is 0 Å². The summed E-state index contributed by atoms with van der Waals surface area (Å²) < 4.78 is 4.87. The van der Waals surface area contributed by atoms with Crippen LogP contribution in [-0.2, 0) is 0 Å². The van der Waals surface area contributed by atoms with Crippen molar-refractivity contribution >= 4 is 21.8 Å². The lowest BCUT2D eigenvalue weighted by Gasteiger charge is -2.25. The molecule has 0 aromatic carbocycles. The van der Waals surface area contributed by atoms with Crippen molar-refractivity contribution < 1.29 is 9.21 Å². The maximum Gasteiger partial charge on any atom is 0.254 e. The Hall–Kier alpha value is -0.770. The molecule has 0 spiro atoms. The van der Waals surface area contributed by atoms with Crippen LogP contribution in [0.4, 0.5) is 0 Å². The highest BCUT2D eigenvalue weighted by Gasteiger charge is 2.21. The highest BCUT2D eigenvalue weighted by Crippen LogP contribution is 2.24. The van der Waals surface area contributed by atoms with Gasteiger partial charge in [-0.15, -0.1) is 0 Å². The first-order valence-electron chi connectivity index (χ1n) is 5.23. The minimum atomic E-state index is -0.0261. The summed E-state index contributed by atoms with van der Waals surface area (Å²) in [6.07, 6.45) is 7.38. The molecule has 82 valence electrons. The molecule has 0 bridgehead atoms. The summed E-state index contributed by atoms with van der Waals surface area (Å²) in [5.74, 6) is -0.0261. The summed E-state index contributed by atoms with van der Waals surface area (Å²) in [5, 5.41) is 3.02. The monoisotopic (exact) mass is 271 g/mol. The Morgan fingerprint density at radius 3 is 2.73 bits per heavy atom. The summed E-state index contributed by atoms with van der Waals surface area (Å²) >= 11 is 3.59. The number of carbonyl (C=O) groups is 1. The SMILES string of the molecule is O=C(NC1CCC(Br)CC1)c1ccoc1. The van der Waals surface area contributed by atoms with E-state index >= 15 is 0 Å². The predicted molar refractivity (Wildman–Crippen MR) is 61.1 cm³/mol. The molecule has 1 aliphatic carbocycles. The first kappa shape index (κ1) is 10.7. The molecule has 0 radical (unpaired) electrons. The Morgan fingerprint density at radius 1 is 1.40 bits per heavy atom. The molecule has 1 N–H and O–H groups in total. The van der Waals surface area contributed by atoms with Gasteiger partial charge in [0, 0.05) is 10.9 Å². The first-order chi connectivity index (χ1) is 7.25. The zero-order chi connectivity index (χ0) is 10.7. The van der Waals surface area contributed by atoms with E-state index in [0.29, 0.717) is 16.4 Å². The Morgan fingerprint density at radius 2 is 2.13 bits per heavy atom. The normalized spacial score (nSPS) is 26.2. The minimum Gasteiger partial charge on any atom is -0.472 e. The maximum absolute atomic E-state index is 11.7. The summed E-state index contributed by atoms with van der Waals surface area (Å²) in [6, 6.07) is 2.01. The van der Waals surface area contributed by atoms with Gasteiger partial charge in [0.2, 0.25) is 0 Å². The van der Waals surface area contributed by atoms with E-state index in [9.17, 15) is 4.79 Å². The smallest absolute Gasteiger partial charge is 0.254 e. The van der Waals surface area contributed by atoms with Gasteiger partial charge in [0.1, 0.15) is 6.26 Å². The van der Waals surface area contributed by atoms with Gasteiger partial charge < -0.3 is 9.73 Å². The van der Waals surface area contributed by atoms with Crippen molar-refractivity contribution in [2.24, 2.45) is 0 Å². The fraction of sp³-hybridized carbons (Fsp3) is 0.545. The van der Waals surface area contributed by atoms with Crippen LogP contribution in [0.1, 0.15) is 36.0 Å². The van der Waals surface area contributed by atoms with Gasteiger partial charge in [-0.3, -0.25) is 4.79 Å². The van der Waals surface area contributed by atoms with Gasteiger partial charge in [0.05, 0.1) is 11.8 Å². The average molecular weight is 272 g/mol. The maximum atomic E-state index is 11.7. The van der Waals surface area contributed by atoms with Crippen LogP contribution in [0.25, 0.3) is 0 Å². The molecule has 2 rings (SSSR count). The van der Waals surface area contributed by atoms with Crippen LogP contribution in [0.15, 0.2) is 23.0 Å². The van der Waals surface area contributed by atoms with E-state index < -0.39 is 0 Å². The van der Waals surface area contributed by atoms with Crippen molar-refractivity contribution in [3.05, 3.63) is 24.2 Å². The molecule has 1 heterocycles. The predicted octanol–water partition coefficient (Wildman–Crippen LogP) is 2.72. The number of halogens is 1. The van der Waals surface area contributed by atoms with E-state index in [4.69, 9.17) is 4.42 Å². The highest BCUT2D eigenvalue weighted by atomic mass is 79.9. The third kappa shape index (κ3) is 2.84. The Labute approximate surface area is 97.4 Å². The lowest BCUT2D eigenvalue weighted by Crippen LogP contribution is -2.37. The third-order valence-corrected chi connectivity index (χ3v) is 3.69. The highest BCUT2D eigenvalue weighted by molar-refractivity contribution is 9.09. The van der Waals surface area contributed by atoms with E-state index in [2.05, 4.69) is 21.2 Å². The van der Waals surface area contributed by atoms with Crippen molar-refractivity contribution in [1.82, 2.24) is 5.32 Å². The molecule has 1 aliphatic rings. The lowest BCUT2D eigenvalue weighted by atomic mass is 9.95. The quantitative estimate of drug-likeness (QED) is 0.841. The molecular formula is C11H14BrNO2. The van der Waals surface area contributed by atoms with E-state index in [1.54, 1.807) is 6.07 Å². The Bertz CT molecular complexity index is 315. The number of furan rings is 1. The van der Waals surface area contributed by atoms with Crippen molar-refractivity contribution in [2.75, 3.05) is 0 Å². The van der Waals surface area contributed by atoms with Gasteiger partial charge >= 0.3 is 0 Å². The van der Waals surface area contributed by atoms with Crippen LogP contribution < -0.4 is 5.32 Å². The van der Waals surface area contributed by atoms with Gasteiger partial charge in [0.15, 0.2) is 0 Å². The van der Waals surface area contributed by atoms with Crippen molar-refractivity contribution in [3.8, 4) is 0 Å². The standard InChI is InChI=1S/C11H14BrNO2/c12-9-1-3-10(4-2-9)13-11(14)8-5-6-15-7-8/h5-7,9-10H,1-4H2,(H,13,14). The molecule has 1 aromatic rings. The fourth-order valence-corrected chi connectivity index (χ4v) is 2.39. The van der Waals surface area contributed by atoms with Crippen LogP contribution in [0.5, 0.6) is 0 Å². The van der Waals surface area contributed by atoms with E-state index in [0.717, 1.165) is 25.7 Å². The average Bonchev–Trinajstić information content (AvgIpc) is 2.74. The van der Waals surface area contributed by atoms with Crippen LogP contribution in [-0.4, -0.2) is 16.8 Å². The fourth-order valence-electron chi connectivity index (χ4n) is 1.86. The van der Waals surface area contributed by atoms with E-state index in [1.807, 2.05) is 0 Å². The van der Waals surface area contributed by atoms with Gasteiger partial charge in [-0.1, -0.05) is 15.9 Å². The zero-order valence-corrected chi connectivity index (χ0v) is 10.00. The molecular weight excluding hydrogens is 258 g/mol. The molecule has 15 heavy (non-hydrogen) atoms. The summed E-state index contributed by atoms with van der Waals surface area (Å²) in [4.78, 5) is 12.3. The summed E-state index contributed by atoms with van der Waals surface area (Å²) in [5.41, 5.74) is 0.607.